The van der Waals surface area contributed by atoms with Crippen molar-refractivity contribution in [1.82, 2.24) is 14.5 Å². The van der Waals surface area contributed by atoms with Crippen LogP contribution in [0.5, 0.6) is 11.5 Å². The minimum absolute atomic E-state index is 0.151. The van der Waals surface area contributed by atoms with Gasteiger partial charge in [-0.2, -0.15) is 0 Å². The molecule has 0 amide bonds. The average molecular weight is 533 g/mol. The number of aryl methyl sites for hydroxylation is 1. The third-order valence-corrected chi connectivity index (χ3v) is 6.35. The van der Waals surface area contributed by atoms with Gasteiger partial charge in [-0.15, -0.1) is 0 Å². The molecule has 6 rings (SSSR count). The predicted octanol–water partition coefficient (Wildman–Crippen LogP) is 5.03. The number of nitrogens with two attached hydrogens (primary N) is 1. The van der Waals surface area contributed by atoms with Gasteiger partial charge in [-0.1, -0.05) is 41.9 Å². The second-order valence-corrected chi connectivity index (χ2v) is 9.13. The second kappa shape index (κ2) is 10.6. The van der Waals surface area contributed by atoms with Crippen LogP contribution in [0.1, 0.15) is 13.3 Å². The summed E-state index contributed by atoms with van der Waals surface area (Å²) in [7, 11) is 0. The molecular weight excluding hydrogens is 508 g/mol. The maximum absolute atomic E-state index is 13.4. The molecule has 0 fully saturated rings. The third-order valence-electron chi connectivity index (χ3n) is 6.10. The number of rotatable bonds is 5. The molecule has 0 saturated heterocycles. The monoisotopic (exact) mass is 532 g/mol. The highest BCUT2D eigenvalue weighted by Crippen LogP contribution is 2.41. The molecule has 2 aromatic heterocycles. The lowest BCUT2D eigenvalue weighted by Gasteiger charge is -2.13. The van der Waals surface area contributed by atoms with Crippen LogP contribution >= 0.6 is 11.6 Å². The van der Waals surface area contributed by atoms with Gasteiger partial charge in [-0.25, -0.2) is 4.98 Å². The molecular formula is C28H25ClN4O5. The normalized spacial score (nSPS) is 12.0. The molecule has 0 unspecified atom stereocenters. The van der Waals surface area contributed by atoms with Crippen LogP contribution in [0.25, 0.3) is 44.5 Å². The van der Waals surface area contributed by atoms with E-state index in [2.05, 4.69) is 15.6 Å². The third kappa shape index (κ3) is 4.81. The molecule has 0 bridgehead atoms. The summed E-state index contributed by atoms with van der Waals surface area (Å²) in [5.74, 6) is 0.374. The zero-order chi connectivity index (χ0) is 26.8. The average Bonchev–Trinajstić information content (AvgIpc) is 3.48. The highest BCUT2D eigenvalue weighted by Gasteiger charge is 2.24. The Labute approximate surface area is 222 Å². The molecule has 1 aliphatic rings. The topological polar surface area (TPSA) is 132 Å². The van der Waals surface area contributed by atoms with Gasteiger partial charge in [0.05, 0.1) is 16.7 Å². The smallest absolute Gasteiger partial charge is 0.300 e. The Hall–Kier alpha value is -4.34. The zero-order valence-electron chi connectivity index (χ0n) is 20.5. The lowest BCUT2D eigenvalue weighted by Crippen LogP contribution is -2.12. The van der Waals surface area contributed by atoms with Gasteiger partial charge < -0.3 is 29.9 Å². The largest absolute Gasteiger partial charge is 0.481 e. The standard InChI is InChI=1S/C26H21ClN4O3.C2H4O2/c27-16-8-6-15(7-9-16)25-23(17-4-1-2-5-20(17)31(25)11-3-10-28)24-26(32)30-19-13-22-21(33-14-34-22)12-18(19)29-24;1-2(3)4/h1-2,4-9,12-13H,3,10-11,14,28H2,(H,30,32);1H3,(H,3,4). The first-order valence-corrected chi connectivity index (χ1v) is 12.4. The fourth-order valence-electron chi connectivity index (χ4n) is 4.58. The first-order chi connectivity index (χ1) is 18.4. The van der Waals surface area contributed by atoms with E-state index in [9.17, 15) is 4.79 Å². The van der Waals surface area contributed by atoms with Crippen molar-refractivity contribution in [3.63, 3.8) is 0 Å². The van der Waals surface area contributed by atoms with E-state index in [1.807, 2.05) is 42.5 Å². The lowest BCUT2D eigenvalue weighted by molar-refractivity contribution is -0.134. The Bertz CT molecular complexity index is 1710. The number of carboxylic acid groups (broad SMARTS) is 1. The minimum atomic E-state index is -0.833. The number of ether oxygens (including phenoxy) is 2. The van der Waals surface area contributed by atoms with Gasteiger partial charge >= 0.3 is 0 Å². The van der Waals surface area contributed by atoms with Gasteiger partial charge in [0.25, 0.3) is 11.5 Å². The number of aromatic amines is 1. The molecule has 194 valence electrons. The van der Waals surface area contributed by atoms with E-state index in [1.165, 1.54) is 0 Å². The molecule has 1 aliphatic heterocycles. The molecule has 38 heavy (non-hydrogen) atoms. The van der Waals surface area contributed by atoms with Crippen molar-refractivity contribution in [2.75, 3.05) is 13.3 Å². The van der Waals surface area contributed by atoms with Crippen LogP contribution in [-0.4, -0.2) is 38.9 Å². The van der Waals surface area contributed by atoms with E-state index in [0.717, 1.165) is 41.1 Å². The van der Waals surface area contributed by atoms with E-state index in [4.69, 9.17) is 41.7 Å². The van der Waals surface area contributed by atoms with Crippen molar-refractivity contribution in [3.05, 3.63) is 76.0 Å². The summed E-state index contributed by atoms with van der Waals surface area (Å²) < 4.78 is 13.2. The SMILES string of the molecule is CC(=O)O.NCCCn1c(-c2ccc(Cl)cc2)c(-c2nc3cc4c(cc3[nH]c2=O)OCO4)c2ccccc21. The van der Waals surface area contributed by atoms with Crippen LogP contribution in [0.3, 0.4) is 0 Å². The molecule has 0 saturated carbocycles. The molecule has 0 atom stereocenters. The van der Waals surface area contributed by atoms with Crippen molar-refractivity contribution >= 4 is 39.5 Å². The molecule has 5 aromatic rings. The number of para-hydroxylation sites is 1. The number of nitrogens with one attached hydrogen (secondary N) is 1. The number of hydrogen-bond donors (Lipinski definition) is 3. The number of hydrogen-bond acceptors (Lipinski definition) is 6. The fraction of sp³-hybridized carbons (Fsp3) is 0.179. The minimum Gasteiger partial charge on any atom is -0.481 e. The van der Waals surface area contributed by atoms with Crippen LogP contribution in [0.4, 0.5) is 0 Å². The first-order valence-electron chi connectivity index (χ1n) is 12.0. The van der Waals surface area contributed by atoms with Crippen LogP contribution in [0.2, 0.25) is 5.02 Å². The van der Waals surface area contributed by atoms with Gasteiger partial charge in [-0.05, 0) is 36.7 Å². The Morgan fingerprint density at radius 2 is 1.82 bits per heavy atom. The molecule has 0 spiro atoms. The zero-order valence-corrected chi connectivity index (χ0v) is 21.3. The number of fused-ring (bicyclic) bond motifs is 3. The predicted molar refractivity (Wildman–Crippen MR) is 147 cm³/mol. The van der Waals surface area contributed by atoms with Crippen LogP contribution in [0.15, 0.2) is 65.5 Å². The molecule has 3 aromatic carbocycles. The Morgan fingerprint density at radius 1 is 1.13 bits per heavy atom. The Kier molecular flexibility index (Phi) is 7.04. The molecule has 3 heterocycles. The number of nitrogens with zero attached hydrogens (tertiary/aromatic N) is 2. The highest BCUT2D eigenvalue weighted by atomic mass is 35.5. The summed E-state index contributed by atoms with van der Waals surface area (Å²) in [5, 5.41) is 9.01. The van der Waals surface area contributed by atoms with Crippen LogP contribution in [0, 0.1) is 0 Å². The number of halogens is 1. The molecule has 4 N–H and O–H groups in total. The van der Waals surface area contributed by atoms with Crippen molar-refractivity contribution in [2.45, 2.75) is 19.9 Å². The Balaban J connectivity index is 0.000000689. The summed E-state index contributed by atoms with van der Waals surface area (Å²) in [6.07, 6.45) is 0.795. The van der Waals surface area contributed by atoms with Crippen molar-refractivity contribution in [3.8, 4) is 34.0 Å². The van der Waals surface area contributed by atoms with Gasteiger partial charge in [0.15, 0.2) is 11.5 Å². The lowest BCUT2D eigenvalue weighted by atomic mass is 10.0. The van der Waals surface area contributed by atoms with Crippen LogP contribution < -0.4 is 20.8 Å². The second-order valence-electron chi connectivity index (χ2n) is 8.70. The number of H-pyrrole nitrogens is 1. The fourth-order valence-corrected chi connectivity index (χ4v) is 4.70. The number of aliphatic carboxylic acids is 1. The van der Waals surface area contributed by atoms with Gasteiger partial charge in [0, 0.05) is 47.1 Å². The van der Waals surface area contributed by atoms with Gasteiger partial charge in [0.1, 0.15) is 5.69 Å². The number of carbonyl (C=O) groups is 1. The molecule has 0 aliphatic carbocycles. The molecule has 10 heteroatoms. The molecule has 0 radical (unpaired) electrons. The maximum Gasteiger partial charge on any atom is 0.300 e. The van der Waals surface area contributed by atoms with E-state index < -0.39 is 5.97 Å². The van der Waals surface area contributed by atoms with Gasteiger partial charge in [0.2, 0.25) is 6.79 Å². The maximum atomic E-state index is 13.4. The van der Waals surface area contributed by atoms with Crippen LogP contribution in [-0.2, 0) is 11.3 Å². The summed E-state index contributed by atoms with van der Waals surface area (Å²) in [6, 6.07) is 19.2. The quantitative estimate of drug-likeness (QED) is 0.289. The van der Waals surface area contributed by atoms with E-state index in [0.29, 0.717) is 46.3 Å². The van der Waals surface area contributed by atoms with Crippen molar-refractivity contribution in [2.24, 2.45) is 5.73 Å². The summed E-state index contributed by atoms with van der Waals surface area (Å²) in [5.41, 5.74) is 10.8. The summed E-state index contributed by atoms with van der Waals surface area (Å²) >= 11 is 6.18. The molecule has 9 nitrogen and oxygen atoms in total. The van der Waals surface area contributed by atoms with E-state index >= 15 is 0 Å². The summed E-state index contributed by atoms with van der Waals surface area (Å²) in [4.78, 5) is 30.2. The van der Waals surface area contributed by atoms with E-state index in [1.54, 1.807) is 12.1 Å². The van der Waals surface area contributed by atoms with Crippen molar-refractivity contribution < 1.29 is 19.4 Å². The van der Waals surface area contributed by atoms with E-state index in [-0.39, 0.29) is 12.4 Å². The van der Waals surface area contributed by atoms with Crippen molar-refractivity contribution in [1.29, 1.82) is 0 Å². The number of aromatic nitrogens is 3. The Morgan fingerprint density at radius 3 is 2.53 bits per heavy atom. The highest BCUT2D eigenvalue weighted by molar-refractivity contribution is 6.30. The number of carboxylic acids is 1. The first kappa shape index (κ1) is 25.3. The summed E-state index contributed by atoms with van der Waals surface area (Å²) in [6.45, 7) is 2.50. The number of benzene rings is 3. The van der Waals surface area contributed by atoms with Gasteiger partial charge in [-0.3, -0.25) is 9.59 Å².